The monoisotopic (exact) mass is 355 g/mol. The van der Waals surface area contributed by atoms with Gasteiger partial charge in [-0.1, -0.05) is 5.16 Å². The van der Waals surface area contributed by atoms with Gasteiger partial charge in [0.25, 0.3) is 0 Å². The molecule has 0 aromatic heterocycles. The Labute approximate surface area is 135 Å². The second-order valence-electron chi connectivity index (χ2n) is 5.50. The van der Waals surface area contributed by atoms with Gasteiger partial charge in [0.05, 0.1) is 13.2 Å². The van der Waals surface area contributed by atoms with Crippen molar-refractivity contribution < 1.29 is 55.2 Å². The second-order valence-corrected chi connectivity index (χ2v) is 5.50. The summed E-state index contributed by atoms with van der Waals surface area (Å²) in [5.74, 6) is -2.25. The molecule has 12 heteroatoms. The second kappa shape index (κ2) is 7.53. The third kappa shape index (κ3) is 3.13. The number of ether oxygens (including phenoxy) is 3. The van der Waals surface area contributed by atoms with Crippen LogP contribution < -0.4 is 0 Å². The molecule has 0 unspecified atom stereocenters. The molecule has 0 spiro atoms. The lowest BCUT2D eigenvalue weighted by molar-refractivity contribution is -0.359. The fraction of sp³-hybridized carbons (Fsp3) is 0.917. The molecular weight excluding hydrogens is 334 g/mol. The quantitative estimate of drug-likeness (QED) is 0.173. The summed E-state index contributed by atoms with van der Waals surface area (Å²) in [5, 5.41) is 79.1. The highest BCUT2D eigenvalue weighted by molar-refractivity contribution is 5.93. The van der Waals surface area contributed by atoms with Crippen LogP contribution in [0.3, 0.4) is 0 Å². The molecule has 2 saturated heterocycles. The van der Waals surface area contributed by atoms with Gasteiger partial charge in [-0.2, -0.15) is 0 Å². The molecule has 0 amide bonds. The summed E-state index contributed by atoms with van der Waals surface area (Å²) >= 11 is 0. The van der Waals surface area contributed by atoms with Gasteiger partial charge < -0.3 is 55.2 Å². The van der Waals surface area contributed by atoms with Crippen molar-refractivity contribution >= 4 is 5.71 Å². The highest BCUT2D eigenvalue weighted by Crippen LogP contribution is 2.35. The van der Waals surface area contributed by atoms with E-state index in [2.05, 4.69) is 5.16 Å². The normalized spacial score (nSPS) is 48.1. The Kier molecular flexibility index (Phi) is 6.09. The minimum Gasteiger partial charge on any atom is -0.411 e. The molecule has 0 aromatic rings. The van der Waals surface area contributed by atoms with Crippen LogP contribution >= 0.6 is 0 Å². The Morgan fingerprint density at radius 3 is 2.08 bits per heavy atom. The van der Waals surface area contributed by atoms with Gasteiger partial charge in [-0.15, -0.1) is 0 Å². The van der Waals surface area contributed by atoms with Crippen molar-refractivity contribution in [2.45, 2.75) is 48.7 Å². The van der Waals surface area contributed by atoms with Crippen molar-refractivity contribution in [2.75, 3.05) is 19.8 Å². The zero-order valence-corrected chi connectivity index (χ0v) is 12.4. The molecule has 2 rings (SSSR count). The van der Waals surface area contributed by atoms with Crippen LogP contribution in [-0.4, -0.2) is 115 Å². The van der Waals surface area contributed by atoms with E-state index >= 15 is 0 Å². The molecule has 24 heavy (non-hydrogen) atoms. The summed E-state index contributed by atoms with van der Waals surface area (Å²) in [4.78, 5) is 0. The SMILES string of the molecule is OC[C@H]1O[C@@](CO)(O[C@H]2O[C@H](CO)[C@@H](O)/C(=N\O)[C@H]2O)[C@@H](O)[C@@H]1O. The van der Waals surface area contributed by atoms with Gasteiger partial charge in [0.2, 0.25) is 5.79 Å². The lowest BCUT2D eigenvalue weighted by atomic mass is 9.99. The maximum Gasteiger partial charge on any atom is 0.224 e. The number of hydrogen-bond acceptors (Lipinski definition) is 12. The van der Waals surface area contributed by atoms with Gasteiger partial charge in [0.15, 0.2) is 6.29 Å². The van der Waals surface area contributed by atoms with Crippen LogP contribution in [0.5, 0.6) is 0 Å². The molecule has 0 aromatic carbocycles. The van der Waals surface area contributed by atoms with Crippen molar-refractivity contribution in [3.63, 3.8) is 0 Å². The molecule has 12 nitrogen and oxygen atoms in total. The highest BCUT2D eigenvalue weighted by Gasteiger charge is 2.58. The number of aliphatic hydroxyl groups is 7. The Balaban J connectivity index is 2.24. The summed E-state index contributed by atoms with van der Waals surface area (Å²) < 4.78 is 15.5. The van der Waals surface area contributed by atoms with E-state index in [1.807, 2.05) is 0 Å². The zero-order chi connectivity index (χ0) is 18.1. The predicted molar refractivity (Wildman–Crippen MR) is 71.9 cm³/mol. The first-order chi connectivity index (χ1) is 11.3. The van der Waals surface area contributed by atoms with Crippen LogP contribution in [0.25, 0.3) is 0 Å². The molecule has 8 N–H and O–H groups in total. The Morgan fingerprint density at radius 2 is 1.62 bits per heavy atom. The van der Waals surface area contributed by atoms with E-state index in [0.717, 1.165) is 0 Å². The first-order valence-corrected chi connectivity index (χ1v) is 7.13. The van der Waals surface area contributed by atoms with Crippen molar-refractivity contribution in [3.05, 3.63) is 0 Å². The largest absolute Gasteiger partial charge is 0.411 e. The molecule has 0 radical (unpaired) electrons. The summed E-state index contributed by atoms with van der Waals surface area (Å²) in [6, 6.07) is 0. The van der Waals surface area contributed by atoms with Gasteiger partial charge in [-0.25, -0.2) is 0 Å². The number of oxime groups is 1. The molecule has 2 aliphatic heterocycles. The third-order valence-corrected chi connectivity index (χ3v) is 4.04. The lowest BCUT2D eigenvalue weighted by Gasteiger charge is -2.41. The lowest BCUT2D eigenvalue weighted by Crippen LogP contribution is -2.61. The number of nitrogens with zero attached hydrogens (tertiary/aromatic N) is 1. The van der Waals surface area contributed by atoms with Crippen molar-refractivity contribution in [3.8, 4) is 0 Å². The first-order valence-electron chi connectivity index (χ1n) is 7.13. The average Bonchev–Trinajstić information content (AvgIpc) is 2.83. The summed E-state index contributed by atoms with van der Waals surface area (Å²) in [6.07, 6.45) is -11.1. The van der Waals surface area contributed by atoms with Gasteiger partial charge in [0.1, 0.15) is 48.9 Å². The van der Waals surface area contributed by atoms with E-state index < -0.39 is 74.2 Å². The predicted octanol–water partition coefficient (Wildman–Crippen LogP) is -4.93. The van der Waals surface area contributed by atoms with Crippen molar-refractivity contribution in [1.82, 2.24) is 0 Å². The van der Waals surface area contributed by atoms with Crippen LogP contribution in [0.4, 0.5) is 0 Å². The zero-order valence-electron chi connectivity index (χ0n) is 12.4. The molecule has 8 atom stereocenters. The molecule has 2 heterocycles. The van der Waals surface area contributed by atoms with E-state index in [4.69, 9.17) is 24.5 Å². The van der Waals surface area contributed by atoms with E-state index in [9.17, 15) is 30.6 Å². The minimum atomic E-state index is -2.25. The highest BCUT2D eigenvalue weighted by atomic mass is 16.8. The molecule has 2 aliphatic rings. The molecule has 0 aliphatic carbocycles. The Morgan fingerprint density at radius 1 is 1.00 bits per heavy atom. The van der Waals surface area contributed by atoms with Crippen LogP contribution in [0, 0.1) is 0 Å². The van der Waals surface area contributed by atoms with E-state index in [1.54, 1.807) is 0 Å². The number of hydrogen-bond donors (Lipinski definition) is 8. The van der Waals surface area contributed by atoms with Gasteiger partial charge >= 0.3 is 0 Å². The fourth-order valence-corrected chi connectivity index (χ4v) is 2.65. The van der Waals surface area contributed by atoms with E-state index in [0.29, 0.717) is 0 Å². The molecule has 140 valence electrons. The molecule has 0 bridgehead atoms. The van der Waals surface area contributed by atoms with Crippen LogP contribution in [-0.2, 0) is 14.2 Å². The first kappa shape index (κ1) is 19.4. The van der Waals surface area contributed by atoms with Crippen LogP contribution in [0.2, 0.25) is 0 Å². The molecule has 2 fully saturated rings. The standard InChI is InChI=1S/C12H21NO11/c14-1-4-7(17)6(13-21)9(19)11(22-4)24-12(3-16)10(20)8(18)5(2-15)23-12/h4-5,7-11,14-21H,1-3H2/b13-6+/t4-,5-,7-,8-,9-,10+,11-,12+/m1/s1. The summed E-state index contributed by atoms with van der Waals surface area (Å²) in [6.45, 7) is -2.38. The fourth-order valence-electron chi connectivity index (χ4n) is 2.65. The number of aliphatic hydroxyl groups excluding tert-OH is 7. The van der Waals surface area contributed by atoms with E-state index in [1.165, 1.54) is 0 Å². The molecule has 0 saturated carbocycles. The Hall–Kier alpha value is -0.930. The van der Waals surface area contributed by atoms with Gasteiger partial charge in [0, 0.05) is 0 Å². The van der Waals surface area contributed by atoms with Crippen LogP contribution in [0.1, 0.15) is 0 Å². The summed E-state index contributed by atoms with van der Waals surface area (Å²) in [5.41, 5.74) is -0.565. The van der Waals surface area contributed by atoms with Crippen LogP contribution in [0.15, 0.2) is 5.16 Å². The maximum atomic E-state index is 10.0. The maximum absolute atomic E-state index is 10.0. The number of rotatable bonds is 5. The smallest absolute Gasteiger partial charge is 0.224 e. The van der Waals surface area contributed by atoms with Gasteiger partial charge in [-0.05, 0) is 0 Å². The van der Waals surface area contributed by atoms with Gasteiger partial charge in [-0.3, -0.25) is 0 Å². The van der Waals surface area contributed by atoms with Crippen molar-refractivity contribution in [1.29, 1.82) is 0 Å². The topological polar surface area (TPSA) is 202 Å². The van der Waals surface area contributed by atoms with Crippen molar-refractivity contribution in [2.24, 2.45) is 5.16 Å². The molecular formula is C12H21NO11. The minimum absolute atomic E-state index is 0.565. The summed E-state index contributed by atoms with van der Waals surface area (Å²) in [7, 11) is 0. The average molecular weight is 355 g/mol. The Bertz CT molecular complexity index is 462. The third-order valence-electron chi connectivity index (χ3n) is 4.04. The van der Waals surface area contributed by atoms with E-state index in [-0.39, 0.29) is 0 Å².